The minimum atomic E-state index is 0.0119. The Balaban J connectivity index is 1.91. The predicted molar refractivity (Wildman–Crippen MR) is 57.2 cm³/mol. The Bertz CT molecular complexity index is 353. The lowest BCUT2D eigenvalue weighted by atomic mass is 10.1. The van der Waals surface area contributed by atoms with Crippen LogP contribution < -0.4 is 5.32 Å². The quantitative estimate of drug-likeness (QED) is 0.741. The lowest BCUT2D eigenvalue weighted by Gasteiger charge is -2.34. The number of amides is 1. The molecule has 1 saturated heterocycles. The fourth-order valence-corrected chi connectivity index (χ4v) is 1.38. The molecule has 1 aromatic rings. The number of furan rings is 1. The summed E-state index contributed by atoms with van der Waals surface area (Å²) >= 11 is 0. The van der Waals surface area contributed by atoms with Crippen molar-refractivity contribution in [3.8, 4) is 0 Å². The van der Waals surface area contributed by atoms with Gasteiger partial charge in [0.25, 0.3) is 0 Å². The van der Waals surface area contributed by atoms with E-state index in [1.807, 2.05) is 13.1 Å². The molecule has 0 aromatic carbocycles. The van der Waals surface area contributed by atoms with E-state index >= 15 is 0 Å². The monoisotopic (exact) mass is 206 g/mol. The molecule has 1 aromatic heterocycles. The van der Waals surface area contributed by atoms with Gasteiger partial charge in [-0.05, 0) is 18.2 Å². The van der Waals surface area contributed by atoms with Crippen molar-refractivity contribution in [1.29, 1.82) is 0 Å². The average Bonchev–Trinajstić information content (AvgIpc) is 2.63. The minimum Gasteiger partial charge on any atom is -0.465 e. The molecular weight excluding hydrogens is 192 g/mol. The summed E-state index contributed by atoms with van der Waals surface area (Å²) in [7, 11) is 1.82. The van der Waals surface area contributed by atoms with Crippen molar-refractivity contribution in [2.24, 2.45) is 0 Å². The van der Waals surface area contributed by atoms with Crippen LogP contribution in [0.3, 0.4) is 0 Å². The van der Waals surface area contributed by atoms with Crippen molar-refractivity contribution in [2.75, 3.05) is 20.1 Å². The zero-order valence-corrected chi connectivity index (χ0v) is 8.64. The first-order chi connectivity index (χ1) is 7.27. The zero-order valence-electron chi connectivity index (χ0n) is 8.64. The number of nitrogens with one attached hydrogen (secondary N) is 1. The normalized spacial score (nSPS) is 16.6. The Kier molecular flexibility index (Phi) is 2.87. The molecule has 15 heavy (non-hydrogen) atoms. The molecule has 0 atom stereocenters. The van der Waals surface area contributed by atoms with E-state index in [1.165, 1.54) is 6.08 Å². The largest absolute Gasteiger partial charge is 0.465 e. The third kappa shape index (κ3) is 2.27. The van der Waals surface area contributed by atoms with E-state index < -0.39 is 0 Å². The third-order valence-electron chi connectivity index (χ3n) is 2.59. The maximum absolute atomic E-state index is 11.6. The molecular formula is C11H14N2O2. The Hall–Kier alpha value is -1.55. The van der Waals surface area contributed by atoms with Crippen LogP contribution in [0, 0.1) is 0 Å². The predicted octanol–water partition coefficient (Wildman–Crippen LogP) is 0.723. The van der Waals surface area contributed by atoms with Crippen LogP contribution in [0.25, 0.3) is 6.08 Å². The lowest BCUT2D eigenvalue weighted by Crippen LogP contribution is -2.57. The van der Waals surface area contributed by atoms with Gasteiger partial charge in [0.2, 0.25) is 5.91 Å². The fourth-order valence-electron chi connectivity index (χ4n) is 1.38. The molecule has 0 unspecified atom stereocenters. The molecule has 0 bridgehead atoms. The van der Waals surface area contributed by atoms with Crippen LogP contribution in [-0.4, -0.2) is 37.0 Å². The van der Waals surface area contributed by atoms with Gasteiger partial charge in [-0.1, -0.05) is 0 Å². The summed E-state index contributed by atoms with van der Waals surface area (Å²) in [5.74, 6) is 0.710. The van der Waals surface area contributed by atoms with E-state index in [1.54, 1.807) is 23.3 Å². The first-order valence-corrected chi connectivity index (χ1v) is 4.96. The second kappa shape index (κ2) is 4.31. The molecule has 1 aliphatic rings. The Morgan fingerprint density at radius 2 is 2.47 bits per heavy atom. The highest BCUT2D eigenvalue weighted by atomic mass is 16.3. The molecule has 1 aliphatic heterocycles. The molecule has 0 aliphatic carbocycles. The first-order valence-electron chi connectivity index (χ1n) is 4.96. The second-order valence-corrected chi connectivity index (χ2v) is 3.61. The highest BCUT2D eigenvalue weighted by molar-refractivity contribution is 5.91. The number of likely N-dealkylation sites (N-methyl/N-ethyl adjacent to an activating group) is 1. The van der Waals surface area contributed by atoms with Gasteiger partial charge in [0.15, 0.2) is 0 Å². The maximum atomic E-state index is 11.6. The van der Waals surface area contributed by atoms with Crippen molar-refractivity contribution in [2.45, 2.75) is 6.04 Å². The molecule has 0 spiro atoms. The van der Waals surface area contributed by atoms with Gasteiger partial charge < -0.3 is 14.6 Å². The van der Waals surface area contributed by atoms with Crippen molar-refractivity contribution in [3.05, 3.63) is 30.2 Å². The molecule has 80 valence electrons. The molecule has 0 radical (unpaired) electrons. The third-order valence-corrected chi connectivity index (χ3v) is 2.59. The molecule has 2 heterocycles. The number of rotatable bonds is 3. The van der Waals surface area contributed by atoms with E-state index in [-0.39, 0.29) is 5.91 Å². The molecule has 4 nitrogen and oxygen atoms in total. The number of hydrogen-bond acceptors (Lipinski definition) is 3. The van der Waals surface area contributed by atoms with Crippen molar-refractivity contribution in [1.82, 2.24) is 10.2 Å². The standard InChI is InChI=1S/C11H14N2O2/c1-13(9-7-12-8-9)11(14)5-4-10-3-2-6-15-10/h2-6,9,12H,7-8H2,1H3. The van der Waals surface area contributed by atoms with E-state index in [0.29, 0.717) is 11.8 Å². The Morgan fingerprint density at radius 1 is 1.67 bits per heavy atom. The number of hydrogen-bond donors (Lipinski definition) is 1. The zero-order chi connectivity index (χ0) is 10.7. The topological polar surface area (TPSA) is 45.5 Å². The minimum absolute atomic E-state index is 0.0119. The summed E-state index contributed by atoms with van der Waals surface area (Å²) in [6, 6.07) is 3.94. The van der Waals surface area contributed by atoms with Gasteiger partial charge in [-0.2, -0.15) is 0 Å². The molecule has 0 saturated carbocycles. The molecule has 1 fully saturated rings. The Labute approximate surface area is 88.6 Å². The van der Waals surface area contributed by atoms with Gasteiger partial charge in [0, 0.05) is 26.2 Å². The fraction of sp³-hybridized carbons (Fsp3) is 0.364. The molecule has 2 rings (SSSR count). The highest BCUT2D eigenvalue weighted by Gasteiger charge is 2.23. The van der Waals surface area contributed by atoms with Crippen LogP contribution in [-0.2, 0) is 4.79 Å². The van der Waals surface area contributed by atoms with Gasteiger partial charge in [0.05, 0.1) is 12.3 Å². The van der Waals surface area contributed by atoms with Gasteiger partial charge >= 0.3 is 0 Å². The van der Waals surface area contributed by atoms with Crippen LogP contribution in [0.5, 0.6) is 0 Å². The Morgan fingerprint density at radius 3 is 3.00 bits per heavy atom. The second-order valence-electron chi connectivity index (χ2n) is 3.61. The number of carbonyl (C=O) groups is 1. The van der Waals surface area contributed by atoms with Crippen molar-refractivity contribution < 1.29 is 9.21 Å². The van der Waals surface area contributed by atoms with Crippen LogP contribution in [0.4, 0.5) is 0 Å². The number of carbonyl (C=O) groups excluding carboxylic acids is 1. The van der Waals surface area contributed by atoms with Crippen LogP contribution >= 0.6 is 0 Å². The number of nitrogens with zero attached hydrogens (tertiary/aromatic N) is 1. The van der Waals surface area contributed by atoms with Crippen molar-refractivity contribution >= 4 is 12.0 Å². The average molecular weight is 206 g/mol. The summed E-state index contributed by atoms with van der Waals surface area (Å²) in [6.45, 7) is 1.77. The summed E-state index contributed by atoms with van der Waals surface area (Å²) in [5, 5.41) is 3.13. The summed E-state index contributed by atoms with van der Waals surface area (Å²) < 4.78 is 5.09. The SMILES string of the molecule is CN(C(=O)C=Cc1ccco1)C1CNC1. The smallest absolute Gasteiger partial charge is 0.246 e. The lowest BCUT2D eigenvalue weighted by molar-refractivity contribution is -0.127. The van der Waals surface area contributed by atoms with Gasteiger partial charge in [-0.15, -0.1) is 0 Å². The summed E-state index contributed by atoms with van der Waals surface area (Å²) in [4.78, 5) is 13.4. The molecule has 4 heteroatoms. The van der Waals surface area contributed by atoms with Crippen LogP contribution in [0.2, 0.25) is 0 Å². The van der Waals surface area contributed by atoms with Crippen molar-refractivity contribution in [3.63, 3.8) is 0 Å². The summed E-state index contributed by atoms with van der Waals surface area (Å²) in [6.07, 6.45) is 4.81. The molecule has 1 amide bonds. The van der Waals surface area contributed by atoms with Gasteiger partial charge in [-0.3, -0.25) is 4.79 Å². The van der Waals surface area contributed by atoms with E-state index in [2.05, 4.69) is 5.32 Å². The summed E-state index contributed by atoms with van der Waals surface area (Å²) in [5.41, 5.74) is 0. The van der Waals surface area contributed by atoms with Gasteiger partial charge in [-0.25, -0.2) is 0 Å². The van der Waals surface area contributed by atoms with Gasteiger partial charge in [0.1, 0.15) is 5.76 Å². The maximum Gasteiger partial charge on any atom is 0.246 e. The van der Waals surface area contributed by atoms with Crippen LogP contribution in [0.1, 0.15) is 5.76 Å². The van der Waals surface area contributed by atoms with Crippen LogP contribution in [0.15, 0.2) is 28.9 Å². The first kappa shape index (κ1) is 9.98. The van der Waals surface area contributed by atoms with E-state index in [4.69, 9.17) is 4.42 Å². The molecule has 1 N–H and O–H groups in total. The van der Waals surface area contributed by atoms with E-state index in [9.17, 15) is 4.79 Å². The highest BCUT2D eigenvalue weighted by Crippen LogP contribution is 2.06. The van der Waals surface area contributed by atoms with E-state index in [0.717, 1.165) is 13.1 Å².